The molecular formula is C17H18N4O3S2. The van der Waals surface area contributed by atoms with Crippen molar-refractivity contribution in [1.82, 2.24) is 14.1 Å². The van der Waals surface area contributed by atoms with Gasteiger partial charge in [0.2, 0.25) is 0 Å². The number of aromatic nitrogens is 2. The molecule has 3 rings (SSSR count). The quantitative estimate of drug-likeness (QED) is 0.713. The molecule has 0 saturated heterocycles. The molecule has 1 heterocycles. The number of hydrogen-bond donors (Lipinski definition) is 2. The Morgan fingerprint density at radius 3 is 2.38 bits per heavy atom. The molecule has 0 aliphatic carbocycles. The average Bonchev–Trinajstić information content (AvgIpc) is 3.01. The van der Waals surface area contributed by atoms with Gasteiger partial charge >= 0.3 is 0 Å². The number of nitrogens with one attached hydrogen (secondary N) is 2. The maximum Gasteiger partial charge on any atom is 0.264 e. The highest BCUT2D eigenvalue weighted by Gasteiger charge is 2.20. The lowest BCUT2D eigenvalue weighted by molar-refractivity contribution is 0.0919. The number of carbonyl (C=O) groups excluding carboxylic acids is 1. The van der Waals surface area contributed by atoms with Crippen LogP contribution in [0, 0.1) is 0 Å². The molecule has 0 bridgehead atoms. The fourth-order valence-electron chi connectivity index (χ4n) is 2.31. The predicted octanol–water partition coefficient (Wildman–Crippen LogP) is 3.02. The summed E-state index contributed by atoms with van der Waals surface area (Å²) in [5, 5.41) is 2.85. The van der Waals surface area contributed by atoms with E-state index in [0.29, 0.717) is 22.3 Å². The van der Waals surface area contributed by atoms with Gasteiger partial charge in [0.1, 0.15) is 15.9 Å². The highest BCUT2D eigenvalue weighted by atomic mass is 32.2. The minimum atomic E-state index is -3.82. The third-order valence-electron chi connectivity index (χ3n) is 3.43. The van der Waals surface area contributed by atoms with Crippen LogP contribution in [0.2, 0.25) is 0 Å². The van der Waals surface area contributed by atoms with Crippen LogP contribution >= 0.6 is 11.7 Å². The summed E-state index contributed by atoms with van der Waals surface area (Å²) in [6.45, 7) is 5.67. The van der Waals surface area contributed by atoms with Gasteiger partial charge < -0.3 is 5.32 Å². The maximum atomic E-state index is 12.7. The Hall–Kier alpha value is -2.52. The van der Waals surface area contributed by atoms with Crippen molar-refractivity contribution in [3.8, 4) is 0 Å². The van der Waals surface area contributed by atoms with Crippen LogP contribution in [0.4, 0.5) is 5.69 Å². The third-order valence-corrected chi connectivity index (χ3v) is 5.38. The third kappa shape index (κ3) is 4.00. The number of fused-ring (bicyclic) bond motifs is 1. The van der Waals surface area contributed by atoms with E-state index in [-0.39, 0.29) is 16.3 Å². The highest BCUT2D eigenvalue weighted by Crippen LogP contribution is 2.23. The highest BCUT2D eigenvalue weighted by molar-refractivity contribution is 7.93. The molecule has 0 radical (unpaired) electrons. The summed E-state index contributed by atoms with van der Waals surface area (Å²) >= 11 is 0.962. The Balaban J connectivity index is 1.82. The lowest BCUT2D eigenvalue weighted by atomic mass is 10.1. The molecule has 9 heteroatoms. The molecule has 3 aromatic rings. The minimum Gasteiger partial charge on any atom is -0.347 e. The fourth-order valence-corrected chi connectivity index (χ4v) is 4.14. The van der Waals surface area contributed by atoms with Gasteiger partial charge in [-0.05, 0) is 57.2 Å². The van der Waals surface area contributed by atoms with E-state index in [0.717, 1.165) is 11.7 Å². The van der Waals surface area contributed by atoms with Crippen molar-refractivity contribution < 1.29 is 13.2 Å². The largest absolute Gasteiger partial charge is 0.347 e. The summed E-state index contributed by atoms with van der Waals surface area (Å²) in [6, 6.07) is 11.1. The Labute approximate surface area is 155 Å². The monoisotopic (exact) mass is 390 g/mol. The first-order valence-electron chi connectivity index (χ1n) is 7.82. The SMILES string of the molecule is CC(C)(C)NC(=O)c1ccc(NS(=O)(=O)c2cccc3nsnc23)cc1. The lowest BCUT2D eigenvalue weighted by Crippen LogP contribution is -2.40. The lowest BCUT2D eigenvalue weighted by Gasteiger charge is -2.20. The number of anilines is 1. The van der Waals surface area contributed by atoms with Crippen LogP contribution in [0.1, 0.15) is 31.1 Å². The topological polar surface area (TPSA) is 101 Å². The van der Waals surface area contributed by atoms with Crippen LogP contribution < -0.4 is 10.0 Å². The van der Waals surface area contributed by atoms with Gasteiger partial charge in [0, 0.05) is 16.8 Å². The van der Waals surface area contributed by atoms with Crippen molar-refractivity contribution in [2.75, 3.05) is 4.72 Å². The first-order valence-corrected chi connectivity index (χ1v) is 10.0. The Morgan fingerprint density at radius 2 is 1.73 bits per heavy atom. The van der Waals surface area contributed by atoms with E-state index in [1.54, 1.807) is 36.4 Å². The summed E-state index contributed by atoms with van der Waals surface area (Å²) in [4.78, 5) is 12.2. The van der Waals surface area contributed by atoms with Crippen molar-refractivity contribution in [2.45, 2.75) is 31.2 Å². The van der Waals surface area contributed by atoms with Gasteiger partial charge in [-0.1, -0.05) is 6.07 Å². The summed E-state index contributed by atoms with van der Waals surface area (Å²) in [5.41, 5.74) is 1.34. The van der Waals surface area contributed by atoms with E-state index < -0.39 is 10.0 Å². The van der Waals surface area contributed by atoms with Gasteiger partial charge in [0.05, 0.1) is 11.7 Å². The molecule has 7 nitrogen and oxygen atoms in total. The van der Waals surface area contributed by atoms with Gasteiger partial charge in [0.15, 0.2) is 0 Å². The van der Waals surface area contributed by atoms with Gasteiger partial charge in [0.25, 0.3) is 15.9 Å². The van der Waals surface area contributed by atoms with Crippen LogP contribution in [-0.2, 0) is 10.0 Å². The number of benzene rings is 2. The number of sulfonamides is 1. The molecule has 2 N–H and O–H groups in total. The zero-order valence-electron chi connectivity index (χ0n) is 14.5. The average molecular weight is 390 g/mol. The van der Waals surface area contributed by atoms with Crippen LogP contribution in [0.15, 0.2) is 47.4 Å². The van der Waals surface area contributed by atoms with Crippen molar-refractivity contribution in [3.05, 3.63) is 48.0 Å². The number of carbonyl (C=O) groups is 1. The second-order valence-electron chi connectivity index (χ2n) is 6.78. The zero-order chi connectivity index (χ0) is 18.9. The molecule has 26 heavy (non-hydrogen) atoms. The van der Waals surface area contributed by atoms with Crippen molar-refractivity contribution in [3.63, 3.8) is 0 Å². The van der Waals surface area contributed by atoms with Crippen LogP contribution in [-0.4, -0.2) is 28.6 Å². The summed E-state index contributed by atoms with van der Waals surface area (Å²) < 4.78 is 36.0. The molecule has 0 fully saturated rings. The van der Waals surface area contributed by atoms with Crippen LogP contribution in [0.3, 0.4) is 0 Å². The molecule has 136 valence electrons. The van der Waals surface area contributed by atoms with E-state index in [9.17, 15) is 13.2 Å². The molecule has 0 saturated carbocycles. The standard InChI is InChI=1S/C17H18N4O3S2/c1-17(2,3)18-16(22)11-7-9-12(10-8-11)21-26(23,24)14-6-4-5-13-15(14)20-25-19-13/h4-10,21H,1-3H3,(H,18,22). The van der Waals surface area contributed by atoms with Gasteiger partial charge in [-0.25, -0.2) is 8.42 Å². The van der Waals surface area contributed by atoms with Gasteiger partial charge in [-0.2, -0.15) is 8.75 Å². The molecule has 1 amide bonds. The molecule has 1 aromatic heterocycles. The number of rotatable bonds is 4. The first kappa shape index (κ1) is 18.3. The molecule has 0 aliphatic rings. The second-order valence-corrected chi connectivity index (χ2v) is 8.95. The fraction of sp³-hybridized carbons (Fsp3) is 0.235. The van der Waals surface area contributed by atoms with E-state index >= 15 is 0 Å². The Kier molecular flexibility index (Phi) is 4.68. The smallest absolute Gasteiger partial charge is 0.264 e. The Bertz CT molecular complexity index is 1050. The second kappa shape index (κ2) is 6.65. The summed E-state index contributed by atoms with van der Waals surface area (Å²) in [6.07, 6.45) is 0. The maximum absolute atomic E-state index is 12.7. The normalized spacial score (nSPS) is 12.1. The molecule has 0 aliphatic heterocycles. The van der Waals surface area contributed by atoms with Crippen molar-refractivity contribution >= 4 is 44.4 Å². The van der Waals surface area contributed by atoms with E-state index in [4.69, 9.17) is 0 Å². The van der Waals surface area contributed by atoms with E-state index in [1.807, 2.05) is 20.8 Å². The van der Waals surface area contributed by atoms with Gasteiger partial charge in [-0.15, -0.1) is 0 Å². The minimum absolute atomic E-state index is 0.0679. The van der Waals surface area contributed by atoms with Crippen molar-refractivity contribution in [2.24, 2.45) is 0 Å². The van der Waals surface area contributed by atoms with Crippen molar-refractivity contribution in [1.29, 1.82) is 0 Å². The molecular weight excluding hydrogens is 372 g/mol. The van der Waals surface area contributed by atoms with E-state index in [1.165, 1.54) is 6.07 Å². The molecule has 0 unspecified atom stereocenters. The number of hydrogen-bond acceptors (Lipinski definition) is 6. The molecule has 0 spiro atoms. The number of nitrogens with zero attached hydrogens (tertiary/aromatic N) is 2. The zero-order valence-corrected chi connectivity index (χ0v) is 16.1. The Morgan fingerprint density at radius 1 is 1.04 bits per heavy atom. The summed E-state index contributed by atoms with van der Waals surface area (Å²) in [7, 11) is -3.82. The van der Waals surface area contributed by atoms with Gasteiger partial charge in [-0.3, -0.25) is 9.52 Å². The number of amides is 1. The molecule has 2 aromatic carbocycles. The summed E-state index contributed by atoms with van der Waals surface area (Å²) in [5.74, 6) is -0.217. The predicted molar refractivity (Wildman–Crippen MR) is 102 cm³/mol. The first-order chi connectivity index (χ1) is 12.2. The van der Waals surface area contributed by atoms with Crippen LogP contribution in [0.25, 0.3) is 11.0 Å². The molecule has 0 atom stereocenters. The van der Waals surface area contributed by atoms with Crippen LogP contribution in [0.5, 0.6) is 0 Å². The van der Waals surface area contributed by atoms with E-state index in [2.05, 4.69) is 18.8 Å².